The summed E-state index contributed by atoms with van der Waals surface area (Å²) in [7, 11) is 3.85. The summed E-state index contributed by atoms with van der Waals surface area (Å²) in [5.74, 6) is -0.359. The Balaban J connectivity index is 1.99. The van der Waals surface area contributed by atoms with Gasteiger partial charge >= 0.3 is 0 Å². The number of amides is 2. The lowest BCUT2D eigenvalue weighted by Crippen LogP contribution is -2.42. The number of hydrogen-bond donors (Lipinski definition) is 1. The summed E-state index contributed by atoms with van der Waals surface area (Å²) in [5.41, 5.74) is 2.90. The van der Waals surface area contributed by atoms with E-state index in [9.17, 15) is 9.59 Å². The zero-order valence-electron chi connectivity index (χ0n) is 12.5. The first-order valence-electron chi connectivity index (χ1n) is 7.04. The summed E-state index contributed by atoms with van der Waals surface area (Å²) >= 11 is 0. The van der Waals surface area contributed by atoms with Gasteiger partial charge in [0.25, 0.3) is 5.91 Å². The van der Waals surface area contributed by atoms with Crippen LogP contribution in [0.2, 0.25) is 0 Å². The molecule has 1 N–H and O–H groups in total. The first-order valence-corrected chi connectivity index (χ1v) is 7.04. The van der Waals surface area contributed by atoms with Crippen LogP contribution in [-0.4, -0.2) is 32.5 Å². The molecule has 1 aliphatic heterocycles. The van der Waals surface area contributed by atoms with Crippen molar-refractivity contribution in [2.75, 3.05) is 35.8 Å². The predicted molar refractivity (Wildman–Crippen MR) is 87.5 cm³/mol. The van der Waals surface area contributed by atoms with Gasteiger partial charge in [0.2, 0.25) is 5.91 Å². The third-order valence-corrected chi connectivity index (χ3v) is 3.63. The van der Waals surface area contributed by atoms with E-state index in [0.29, 0.717) is 11.3 Å². The molecule has 5 heteroatoms. The van der Waals surface area contributed by atoms with Gasteiger partial charge in [-0.05, 0) is 30.3 Å². The fourth-order valence-corrected chi connectivity index (χ4v) is 2.49. The zero-order valence-corrected chi connectivity index (χ0v) is 12.5. The first-order chi connectivity index (χ1) is 10.6. The Morgan fingerprint density at radius 3 is 2.68 bits per heavy atom. The van der Waals surface area contributed by atoms with Gasteiger partial charge in [0.1, 0.15) is 6.54 Å². The Morgan fingerprint density at radius 2 is 1.91 bits per heavy atom. The summed E-state index contributed by atoms with van der Waals surface area (Å²) < 4.78 is 0. The molecule has 0 aliphatic carbocycles. The minimum Gasteiger partial charge on any atom is -0.378 e. The lowest BCUT2D eigenvalue weighted by molar-refractivity contribution is -0.115. The SMILES string of the molecule is CN(C)c1cccc(C(=O)N2CC(=O)Nc3ccccc32)c1. The summed E-state index contributed by atoms with van der Waals surface area (Å²) in [6, 6.07) is 14.7. The summed E-state index contributed by atoms with van der Waals surface area (Å²) in [6.07, 6.45) is 0. The largest absolute Gasteiger partial charge is 0.378 e. The second kappa shape index (κ2) is 5.52. The maximum absolute atomic E-state index is 12.8. The van der Waals surface area contributed by atoms with Crippen LogP contribution in [0, 0.1) is 0 Å². The van der Waals surface area contributed by atoms with Crippen molar-refractivity contribution in [1.29, 1.82) is 0 Å². The smallest absolute Gasteiger partial charge is 0.258 e. The number of benzene rings is 2. The van der Waals surface area contributed by atoms with Gasteiger partial charge in [-0.1, -0.05) is 18.2 Å². The molecule has 0 atom stereocenters. The Bertz CT molecular complexity index is 740. The monoisotopic (exact) mass is 295 g/mol. The van der Waals surface area contributed by atoms with E-state index in [1.165, 1.54) is 4.90 Å². The third-order valence-electron chi connectivity index (χ3n) is 3.63. The fraction of sp³-hybridized carbons (Fsp3) is 0.176. The van der Waals surface area contributed by atoms with E-state index in [4.69, 9.17) is 0 Å². The summed E-state index contributed by atoms with van der Waals surface area (Å²) in [6.45, 7) is 0.0298. The van der Waals surface area contributed by atoms with Crippen molar-refractivity contribution in [3.05, 3.63) is 54.1 Å². The van der Waals surface area contributed by atoms with E-state index in [2.05, 4.69) is 5.32 Å². The molecule has 0 fully saturated rings. The molecule has 0 aromatic heterocycles. The van der Waals surface area contributed by atoms with Crippen LogP contribution in [0.4, 0.5) is 17.1 Å². The maximum atomic E-state index is 12.8. The van der Waals surface area contributed by atoms with E-state index in [1.807, 2.05) is 55.4 Å². The summed E-state index contributed by atoms with van der Waals surface area (Å²) in [5, 5.41) is 2.78. The number of anilines is 3. The lowest BCUT2D eigenvalue weighted by Gasteiger charge is -2.29. The van der Waals surface area contributed by atoms with Crippen LogP contribution < -0.4 is 15.1 Å². The highest BCUT2D eigenvalue weighted by Crippen LogP contribution is 2.30. The molecular weight excluding hydrogens is 278 g/mol. The molecule has 2 aromatic rings. The summed E-state index contributed by atoms with van der Waals surface area (Å²) in [4.78, 5) is 28.1. The van der Waals surface area contributed by atoms with Gasteiger partial charge < -0.3 is 10.2 Å². The van der Waals surface area contributed by atoms with Crippen molar-refractivity contribution in [3.63, 3.8) is 0 Å². The normalized spacial score (nSPS) is 13.4. The van der Waals surface area contributed by atoms with Crippen LogP contribution >= 0.6 is 0 Å². The van der Waals surface area contributed by atoms with Crippen LogP contribution in [0.25, 0.3) is 0 Å². The van der Waals surface area contributed by atoms with Crippen LogP contribution in [0.3, 0.4) is 0 Å². The van der Waals surface area contributed by atoms with Crippen molar-refractivity contribution in [2.24, 2.45) is 0 Å². The number of rotatable bonds is 2. The number of hydrogen-bond acceptors (Lipinski definition) is 3. The van der Waals surface area contributed by atoms with Crippen molar-refractivity contribution in [3.8, 4) is 0 Å². The lowest BCUT2D eigenvalue weighted by atomic mass is 10.1. The van der Waals surface area contributed by atoms with Crippen molar-refractivity contribution in [2.45, 2.75) is 0 Å². The standard InChI is InChI=1S/C17H17N3O2/c1-19(2)13-7-5-6-12(10-13)17(22)20-11-16(21)18-14-8-3-4-9-15(14)20/h3-10H,11H2,1-2H3,(H,18,21). The Hall–Kier alpha value is -2.82. The molecule has 112 valence electrons. The predicted octanol–water partition coefficient (Wildman–Crippen LogP) is 2.35. The number of nitrogens with one attached hydrogen (secondary N) is 1. The molecule has 5 nitrogen and oxygen atoms in total. The van der Waals surface area contributed by atoms with Gasteiger partial charge in [-0.15, -0.1) is 0 Å². The molecule has 0 spiro atoms. The molecule has 1 aliphatic rings. The molecule has 0 saturated heterocycles. The topological polar surface area (TPSA) is 52.7 Å². The van der Waals surface area contributed by atoms with Gasteiger partial charge in [0.05, 0.1) is 11.4 Å². The van der Waals surface area contributed by atoms with Crippen LogP contribution in [0.15, 0.2) is 48.5 Å². The van der Waals surface area contributed by atoms with Gasteiger partial charge in [-0.3, -0.25) is 14.5 Å². The molecule has 0 radical (unpaired) electrons. The average Bonchev–Trinajstić information content (AvgIpc) is 2.53. The van der Waals surface area contributed by atoms with Crippen LogP contribution in [0.1, 0.15) is 10.4 Å². The minimum absolute atomic E-state index is 0.0298. The van der Waals surface area contributed by atoms with E-state index < -0.39 is 0 Å². The molecule has 1 heterocycles. The molecule has 3 rings (SSSR count). The van der Waals surface area contributed by atoms with Gasteiger partial charge in [0, 0.05) is 25.3 Å². The Morgan fingerprint density at radius 1 is 1.14 bits per heavy atom. The van der Waals surface area contributed by atoms with Gasteiger partial charge in [-0.2, -0.15) is 0 Å². The molecule has 0 saturated carbocycles. The minimum atomic E-state index is -0.184. The number of para-hydroxylation sites is 2. The first kappa shape index (κ1) is 14.1. The van der Waals surface area contributed by atoms with E-state index in [1.54, 1.807) is 12.1 Å². The Kier molecular flexibility index (Phi) is 3.55. The maximum Gasteiger partial charge on any atom is 0.258 e. The van der Waals surface area contributed by atoms with Gasteiger partial charge in [0.15, 0.2) is 0 Å². The second-order valence-electron chi connectivity index (χ2n) is 5.40. The molecule has 22 heavy (non-hydrogen) atoms. The molecule has 2 aromatic carbocycles. The number of nitrogens with zero attached hydrogens (tertiary/aromatic N) is 2. The van der Waals surface area contributed by atoms with E-state index in [0.717, 1.165) is 11.4 Å². The van der Waals surface area contributed by atoms with Crippen molar-refractivity contribution in [1.82, 2.24) is 0 Å². The van der Waals surface area contributed by atoms with E-state index >= 15 is 0 Å². The van der Waals surface area contributed by atoms with Crippen LogP contribution in [0.5, 0.6) is 0 Å². The number of carbonyl (C=O) groups excluding carboxylic acids is 2. The highest BCUT2D eigenvalue weighted by molar-refractivity contribution is 6.15. The number of fused-ring (bicyclic) bond motifs is 1. The average molecular weight is 295 g/mol. The van der Waals surface area contributed by atoms with Crippen molar-refractivity contribution >= 4 is 28.9 Å². The highest BCUT2D eigenvalue weighted by atomic mass is 16.2. The van der Waals surface area contributed by atoms with Crippen LogP contribution in [-0.2, 0) is 4.79 Å². The Labute approximate surface area is 129 Å². The van der Waals surface area contributed by atoms with E-state index in [-0.39, 0.29) is 18.4 Å². The molecule has 0 bridgehead atoms. The fourth-order valence-electron chi connectivity index (χ4n) is 2.49. The molecular formula is C17H17N3O2. The number of carbonyl (C=O) groups is 2. The van der Waals surface area contributed by atoms with Gasteiger partial charge in [-0.25, -0.2) is 0 Å². The van der Waals surface area contributed by atoms with Crippen molar-refractivity contribution < 1.29 is 9.59 Å². The molecule has 0 unspecified atom stereocenters. The quantitative estimate of drug-likeness (QED) is 0.925. The molecule has 2 amide bonds. The third kappa shape index (κ3) is 2.53. The zero-order chi connectivity index (χ0) is 15.7. The second-order valence-corrected chi connectivity index (χ2v) is 5.40. The highest BCUT2D eigenvalue weighted by Gasteiger charge is 2.27.